The Balaban J connectivity index is 1.26. The molecule has 0 amide bonds. The minimum Gasteiger partial charge on any atom is -0.347 e. The van der Waals surface area contributed by atoms with E-state index in [9.17, 15) is 8.42 Å². The molecule has 5 unspecified atom stereocenters. The van der Waals surface area contributed by atoms with Gasteiger partial charge in [-0.25, -0.2) is 0 Å². The monoisotopic (exact) mass is 494 g/mol. The van der Waals surface area contributed by atoms with Gasteiger partial charge >= 0.3 is 0 Å². The van der Waals surface area contributed by atoms with Crippen LogP contribution in [0.15, 0.2) is 29.2 Å². The Hall–Kier alpha value is -1.07. The summed E-state index contributed by atoms with van der Waals surface area (Å²) in [5.74, 6) is -1.32. The molecule has 0 bridgehead atoms. The lowest BCUT2D eigenvalue weighted by molar-refractivity contribution is -0.258. The maximum Gasteiger partial charge on any atom is 0.297 e. The molecule has 34 heavy (non-hydrogen) atoms. The molecule has 2 saturated carbocycles. The van der Waals surface area contributed by atoms with Crippen LogP contribution >= 0.6 is 0 Å². The third-order valence-corrected chi connectivity index (χ3v) is 9.24. The average molecular weight is 495 g/mol. The van der Waals surface area contributed by atoms with Gasteiger partial charge in [0.2, 0.25) is 0 Å². The fraction of sp³-hybridized carbons (Fsp3) is 0.760. The number of ether oxygens (including phenoxy) is 5. The van der Waals surface area contributed by atoms with E-state index in [-0.39, 0.29) is 4.90 Å². The Bertz CT molecular complexity index is 981. The lowest BCUT2D eigenvalue weighted by Gasteiger charge is -2.35. The first kappa shape index (κ1) is 23.3. The van der Waals surface area contributed by atoms with Crippen LogP contribution in [0.3, 0.4) is 0 Å². The molecule has 0 aromatic heterocycles. The summed E-state index contributed by atoms with van der Waals surface area (Å²) in [6, 6.07) is 6.64. The molecule has 188 valence electrons. The van der Waals surface area contributed by atoms with Crippen molar-refractivity contribution in [2.24, 2.45) is 0 Å². The number of hydrogen-bond acceptors (Lipinski definition) is 8. The summed E-state index contributed by atoms with van der Waals surface area (Å²) >= 11 is 0. The minimum absolute atomic E-state index is 0.110. The zero-order chi connectivity index (χ0) is 23.4. The second-order valence-corrected chi connectivity index (χ2v) is 12.0. The van der Waals surface area contributed by atoms with Gasteiger partial charge in [-0.05, 0) is 44.7 Å². The summed E-state index contributed by atoms with van der Waals surface area (Å²) in [4.78, 5) is 0.110. The highest BCUT2D eigenvalue weighted by Crippen LogP contribution is 2.48. The maximum absolute atomic E-state index is 13.3. The van der Waals surface area contributed by atoms with Crippen molar-refractivity contribution in [2.45, 2.75) is 118 Å². The Morgan fingerprint density at radius 3 is 2.15 bits per heavy atom. The van der Waals surface area contributed by atoms with Crippen molar-refractivity contribution in [1.82, 2.24) is 0 Å². The van der Waals surface area contributed by atoms with Crippen LogP contribution in [-0.2, 0) is 38.0 Å². The molecule has 5 fully saturated rings. The summed E-state index contributed by atoms with van der Waals surface area (Å²) in [6.45, 7) is 2.24. The predicted molar refractivity (Wildman–Crippen MR) is 120 cm³/mol. The van der Waals surface area contributed by atoms with E-state index >= 15 is 0 Å². The van der Waals surface area contributed by atoms with Crippen LogP contribution in [-0.4, -0.2) is 57.3 Å². The van der Waals surface area contributed by atoms with Crippen molar-refractivity contribution in [2.75, 3.05) is 6.61 Å². The second-order valence-electron chi connectivity index (χ2n) is 10.4. The summed E-state index contributed by atoms with van der Waals surface area (Å²) in [7, 11) is -4.05. The molecule has 8 nitrogen and oxygen atoms in total. The zero-order valence-electron chi connectivity index (χ0n) is 19.6. The van der Waals surface area contributed by atoms with Crippen LogP contribution in [0.2, 0.25) is 0 Å². The summed E-state index contributed by atoms with van der Waals surface area (Å²) < 4.78 is 64.0. The van der Waals surface area contributed by atoms with Gasteiger partial charge in [0.25, 0.3) is 10.1 Å². The molecule has 2 aliphatic carbocycles. The van der Waals surface area contributed by atoms with Gasteiger partial charge < -0.3 is 23.7 Å². The molecule has 3 heterocycles. The molecule has 5 atom stereocenters. The van der Waals surface area contributed by atoms with Crippen LogP contribution in [0.1, 0.15) is 69.8 Å². The molecule has 9 heteroatoms. The Labute approximate surface area is 201 Å². The molecule has 0 N–H and O–H groups in total. The van der Waals surface area contributed by atoms with Gasteiger partial charge in [0, 0.05) is 25.7 Å². The van der Waals surface area contributed by atoms with Crippen LogP contribution < -0.4 is 0 Å². The Morgan fingerprint density at radius 2 is 1.47 bits per heavy atom. The van der Waals surface area contributed by atoms with E-state index in [2.05, 4.69) is 0 Å². The van der Waals surface area contributed by atoms with Crippen molar-refractivity contribution in [3.05, 3.63) is 29.8 Å². The van der Waals surface area contributed by atoms with Gasteiger partial charge in [0.15, 0.2) is 17.9 Å². The summed E-state index contributed by atoms with van der Waals surface area (Å²) in [5.41, 5.74) is 0.974. The SMILES string of the molecule is Cc1ccc(S(=O)(=O)OC2C(C3COC4(CCCCC4)O3)OC3OC4(CCCCC4)OC32)cc1. The average Bonchev–Trinajstić information content (AvgIpc) is 3.47. The second kappa shape index (κ2) is 8.80. The van der Waals surface area contributed by atoms with Crippen molar-refractivity contribution in [3.8, 4) is 0 Å². The first-order valence-corrected chi connectivity index (χ1v) is 14.1. The van der Waals surface area contributed by atoms with Gasteiger partial charge in [-0.3, -0.25) is 4.18 Å². The van der Waals surface area contributed by atoms with Crippen molar-refractivity contribution in [1.29, 1.82) is 0 Å². The molecule has 3 saturated heterocycles. The molecule has 6 rings (SSSR count). The first-order valence-electron chi connectivity index (χ1n) is 12.7. The van der Waals surface area contributed by atoms with Crippen LogP contribution in [0.5, 0.6) is 0 Å². The molecule has 3 aliphatic heterocycles. The number of hydrogen-bond donors (Lipinski definition) is 0. The van der Waals surface area contributed by atoms with E-state index in [1.807, 2.05) is 6.92 Å². The third kappa shape index (κ3) is 4.23. The fourth-order valence-corrected chi connectivity index (χ4v) is 7.18. The molecular formula is C25H34O8S. The van der Waals surface area contributed by atoms with Gasteiger partial charge in [0.05, 0.1) is 11.5 Å². The molecule has 1 aromatic carbocycles. The van der Waals surface area contributed by atoms with E-state index in [1.54, 1.807) is 24.3 Å². The van der Waals surface area contributed by atoms with E-state index < -0.39 is 52.4 Å². The van der Waals surface area contributed by atoms with Gasteiger partial charge in [0.1, 0.15) is 24.4 Å². The molecule has 5 aliphatic rings. The fourth-order valence-electron chi connectivity index (χ4n) is 6.09. The third-order valence-electron chi connectivity index (χ3n) is 7.91. The smallest absolute Gasteiger partial charge is 0.297 e. The lowest BCUT2D eigenvalue weighted by atomic mass is 9.94. The lowest BCUT2D eigenvalue weighted by Crippen LogP contribution is -2.46. The first-order chi connectivity index (χ1) is 16.4. The van der Waals surface area contributed by atoms with Crippen LogP contribution in [0.25, 0.3) is 0 Å². The van der Waals surface area contributed by atoms with Crippen LogP contribution in [0, 0.1) is 6.92 Å². The molecular weight excluding hydrogens is 460 g/mol. The number of fused-ring (bicyclic) bond motifs is 1. The highest BCUT2D eigenvalue weighted by Gasteiger charge is 2.62. The molecule has 1 aromatic rings. The normalized spacial score (nSPS) is 36.8. The predicted octanol–water partition coefficient (Wildman–Crippen LogP) is 3.95. The van der Waals surface area contributed by atoms with Gasteiger partial charge in [-0.2, -0.15) is 8.42 Å². The number of benzene rings is 1. The number of aryl methyl sites for hydroxylation is 1. The Morgan fingerprint density at radius 1 is 0.824 bits per heavy atom. The minimum atomic E-state index is -4.05. The van der Waals surface area contributed by atoms with Gasteiger partial charge in [-0.1, -0.05) is 30.5 Å². The van der Waals surface area contributed by atoms with Gasteiger partial charge in [-0.15, -0.1) is 0 Å². The van der Waals surface area contributed by atoms with E-state index in [1.165, 1.54) is 6.42 Å². The van der Waals surface area contributed by atoms with E-state index in [4.69, 9.17) is 27.9 Å². The summed E-state index contributed by atoms with van der Waals surface area (Å²) in [6.07, 6.45) is 6.35. The highest BCUT2D eigenvalue weighted by atomic mass is 32.2. The van der Waals surface area contributed by atoms with Crippen LogP contribution in [0.4, 0.5) is 0 Å². The highest BCUT2D eigenvalue weighted by molar-refractivity contribution is 7.86. The summed E-state index contributed by atoms with van der Waals surface area (Å²) in [5, 5.41) is 0. The van der Waals surface area contributed by atoms with Crippen molar-refractivity contribution < 1.29 is 36.3 Å². The van der Waals surface area contributed by atoms with E-state index in [0.717, 1.165) is 63.4 Å². The quantitative estimate of drug-likeness (QED) is 0.582. The standard InChI is InChI=1S/C25H34O8S/c1-17-8-10-18(11-9-17)34(26,27)33-21-20(19-16-28-24(30-19)12-4-2-5-13-24)29-23-22(21)31-25(32-23)14-6-3-7-15-25/h8-11,19-23H,2-7,12-16H2,1H3. The zero-order valence-corrected chi connectivity index (χ0v) is 20.5. The largest absolute Gasteiger partial charge is 0.347 e. The maximum atomic E-state index is 13.3. The molecule has 0 radical (unpaired) electrons. The topological polar surface area (TPSA) is 89.5 Å². The van der Waals surface area contributed by atoms with Crippen molar-refractivity contribution >= 4 is 10.1 Å². The number of rotatable bonds is 4. The van der Waals surface area contributed by atoms with E-state index in [0.29, 0.717) is 6.61 Å². The van der Waals surface area contributed by atoms with Crippen molar-refractivity contribution in [3.63, 3.8) is 0 Å². The molecule has 2 spiro atoms. The Kier molecular flexibility index (Phi) is 6.04.